The lowest BCUT2D eigenvalue weighted by atomic mass is 9.90. The largest absolute Gasteiger partial charge is 0.379 e. The fourth-order valence-corrected chi connectivity index (χ4v) is 4.27. The van der Waals surface area contributed by atoms with Crippen molar-refractivity contribution >= 4 is 28.5 Å². The van der Waals surface area contributed by atoms with Crippen LogP contribution in [0.4, 0.5) is 5.82 Å². The number of nitrogens with one attached hydrogen (secondary N) is 1. The van der Waals surface area contributed by atoms with Gasteiger partial charge < -0.3 is 10.1 Å². The molecule has 0 atom stereocenters. The van der Waals surface area contributed by atoms with Crippen molar-refractivity contribution in [3.05, 3.63) is 11.5 Å². The summed E-state index contributed by atoms with van der Waals surface area (Å²) in [5.41, 5.74) is 1.63. The van der Waals surface area contributed by atoms with Crippen LogP contribution in [0, 0.1) is 0 Å². The predicted octanol–water partition coefficient (Wildman–Crippen LogP) is 2.95. The van der Waals surface area contributed by atoms with E-state index in [4.69, 9.17) is 16.3 Å². The number of aromatic nitrogens is 4. The molecule has 2 aromatic heterocycles. The van der Waals surface area contributed by atoms with E-state index < -0.39 is 0 Å². The third-order valence-electron chi connectivity index (χ3n) is 5.44. The Balaban J connectivity index is 1.42. The van der Waals surface area contributed by atoms with Crippen molar-refractivity contribution in [2.24, 2.45) is 0 Å². The number of anilines is 1. The van der Waals surface area contributed by atoms with Crippen molar-refractivity contribution in [1.29, 1.82) is 0 Å². The quantitative estimate of drug-likeness (QED) is 0.807. The lowest BCUT2D eigenvalue weighted by Crippen LogP contribution is -2.46. The first-order valence-corrected chi connectivity index (χ1v) is 10.1. The van der Waals surface area contributed by atoms with Crippen LogP contribution in [-0.4, -0.2) is 63.0 Å². The van der Waals surface area contributed by atoms with Gasteiger partial charge in [-0.1, -0.05) is 6.92 Å². The maximum absolute atomic E-state index is 6.13. The van der Waals surface area contributed by atoms with Crippen molar-refractivity contribution in [3.8, 4) is 0 Å². The molecule has 8 heteroatoms. The Morgan fingerprint density at radius 3 is 2.69 bits per heavy atom. The molecule has 1 N–H and O–H groups in total. The smallest absolute Gasteiger partial charge is 0.225 e. The normalized spacial score (nSPS) is 24.8. The van der Waals surface area contributed by atoms with E-state index in [-0.39, 0.29) is 5.28 Å². The van der Waals surface area contributed by atoms with E-state index >= 15 is 0 Å². The average molecular weight is 379 g/mol. The zero-order chi connectivity index (χ0) is 17.9. The van der Waals surface area contributed by atoms with Gasteiger partial charge in [-0.3, -0.25) is 9.58 Å². The molecule has 26 heavy (non-hydrogen) atoms. The number of morpholine rings is 1. The first-order valence-electron chi connectivity index (χ1n) is 9.72. The molecule has 2 fully saturated rings. The van der Waals surface area contributed by atoms with Crippen molar-refractivity contribution in [2.75, 3.05) is 31.6 Å². The van der Waals surface area contributed by atoms with Crippen molar-refractivity contribution in [1.82, 2.24) is 24.6 Å². The molecule has 0 unspecified atom stereocenters. The number of aryl methyl sites for hydroxylation is 1. The Morgan fingerprint density at radius 2 is 1.96 bits per heavy atom. The topological polar surface area (TPSA) is 68.1 Å². The van der Waals surface area contributed by atoms with Gasteiger partial charge in [-0.15, -0.1) is 0 Å². The number of fused-ring (bicyclic) bond motifs is 1. The summed E-state index contributed by atoms with van der Waals surface area (Å²) in [6.07, 6.45) is 7.69. The fraction of sp³-hybridized carbons (Fsp3) is 0.722. The Hall–Kier alpha value is -1.44. The van der Waals surface area contributed by atoms with Crippen LogP contribution >= 0.6 is 11.6 Å². The van der Waals surface area contributed by atoms with Gasteiger partial charge in [-0.2, -0.15) is 10.1 Å². The van der Waals surface area contributed by atoms with Crippen LogP contribution in [0.3, 0.4) is 0 Å². The van der Waals surface area contributed by atoms with Gasteiger partial charge in [0.25, 0.3) is 0 Å². The monoisotopic (exact) mass is 378 g/mol. The minimum Gasteiger partial charge on any atom is -0.379 e. The second-order valence-electron chi connectivity index (χ2n) is 7.27. The molecular formula is C18H27ClN6O. The highest BCUT2D eigenvalue weighted by Gasteiger charge is 2.27. The summed E-state index contributed by atoms with van der Waals surface area (Å²) < 4.78 is 7.40. The van der Waals surface area contributed by atoms with E-state index in [1.807, 2.05) is 10.9 Å². The predicted molar refractivity (Wildman–Crippen MR) is 103 cm³/mol. The van der Waals surface area contributed by atoms with Gasteiger partial charge in [0.1, 0.15) is 5.52 Å². The SMILES string of the molecule is CCCn1cc2nc(Cl)nc(N[C@H]3CC[C@H](N4CCOCC4)CC3)c2n1. The molecule has 0 spiro atoms. The van der Waals surface area contributed by atoms with Crippen molar-refractivity contribution in [2.45, 2.75) is 57.7 Å². The number of hydrogen-bond donors (Lipinski definition) is 1. The van der Waals surface area contributed by atoms with Gasteiger partial charge in [-0.05, 0) is 43.7 Å². The highest BCUT2D eigenvalue weighted by molar-refractivity contribution is 6.28. The lowest BCUT2D eigenvalue weighted by Gasteiger charge is -2.39. The number of rotatable bonds is 5. The van der Waals surface area contributed by atoms with E-state index in [0.717, 1.165) is 69.0 Å². The van der Waals surface area contributed by atoms with E-state index in [2.05, 4.69) is 32.2 Å². The fourth-order valence-electron chi connectivity index (χ4n) is 4.10. The standard InChI is InChI=1S/C18H27ClN6O/c1-2-7-25-12-15-16(23-25)17(22-18(19)21-15)20-13-3-5-14(6-4-13)24-8-10-26-11-9-24/h12-14H,2-11H2,1H3,(H,20,21,22)/t13-,14-. The van der Waals surface area contributed by atoms with E-state index in [9.17, 15) is 0 Å². The van der Waals surface area contributed by atoms with Gasteiger partial charge in [-0.25, -0.2) is 4.98 Å². The van der Waals surface area contributed by atoms with Gasteiger partial charge in [0.2, 0.25) is 5.28 Å². The highest BCUT2D eigenvalue weighted by Crippen LogP contribution is 2.28. The molecule has 1 saturated carbocycles. The van der Waals surface area contributed by atoms with Crippen molar-refractivity contribution < 1.29 is 4.74 Å². The molecule has 1 aliphatic heterocycles. The molecule has 0 radical (unpaired) electrons. The molecule has 2 aliphatic rings. The number of ether oxygens (including phenoxy) is 1. The van der Waals surface area contributed by atoms with Crippen LogP contribution in [0.25, 0.3) is 11.0 Å². The molecule has 0 amide bonds. The average Bonchev–Trinajstić information content (AvgIpc) is 3.06. The molecule has 4 rings (SSSR count). The zero-order valence-electron chi connectivity index (χ0n) is 15.3. The maximum atomic E-state index is 6.13. The Bertz CT molecular complexity index is 737. The molecular weight excluding hydrogens is 352 g/mol. The summed E-state index contributed by atoms with van der Waals surface area (Å²) in [5, 5.41) is 8.51. The van der Waals surface area contributed by atoms with Gasteiger partial charge in [0.15, 0.2) is 11.3 Å². The third-order valence-corrected chi connectivity index (χ3v) is 5.60. The summed E-state index contributed by atoms with van der Waals surface area (Å²) >= 11 is 6.13. The number of hydrogen-bond acceptors (Lipinski definition) is 6. The summed E-state index contributed by atoms with van der Waals surface area (Å²) in [5.74, 6) is 0.768. The molecule has 2 aromatic rings. The lowest BCUT2D eigenvalue weighted by molar-refractivity contribution is 0.00791. The second-order valence-corrected chi connectivity index (χ2v) is 7.60. The molecule has 3 heterocycles. The molecule has 1 saturated heterocycles. The highest BCUT2D eigenvalue weighted by atomic mass is 35.5. The Morgan fingerprint density at radius 1 is 1.19 bits per heavy atom. The minimum absolute atomic E-state index is 0.276. The maximum Gasteiger partial charge on any atom is 0.225 e. The molecule has 0 bridgehead atoms. The Kier molecular flexibility index (Phi) is 5.57. The van der Waals surface area contributed by atoms with E-state index in [0.29, 0.717) is 12.1 Å². The zero-order valence-corrected chi connectivity index (χ0v) is 16.1. The summed E-state index contributed by atoms with van der Waals surface area (Å²) in [6.45, 7) is 6.89. The van der Waals surface area contributed by atoms with E-state index in [1.165, 1.54) is 12.8 Å². The first kappa shape index (κ1) is 17.9. The summed E-state index contributed by atoms with van der Waals surface area (Å²) in [7, 11) is 0. The van der Waals surface area contributed by atoms with Gasteiger partial charge >= 0.3 is 0 Å². The van der Waals surface area contributed by atoms with E-state index in [1.54, 1.807) is 0 Å². The van der Waals surface area contributed by atoms with Crippen LogP contribution in [0.5, 0.6) is 0 Å². The first-order chi connectivity index (χ1) is 12.7. The number of nitrogens with zero attached hydrogens (tertiary/aromatic N) is 5. The summed E-state index contributed by atoms with van der Waals surface area (Å²) in [6, 6.07) is 1.10. The minimum atomic E-state index is 0.276. The van der Waals surface area contributed by atoms with Crippen molar-refractivity contribution in [3.63, 3.8) is 0 Å². The molecule has 1 aliphatic carbocycles. The third kappa shape index (κ3) is 3.94. The Labute approximate surface area is 159 Å². The van der Waals surface area contributed by atoms with Gasteiger partial charge in [0, 0.05) is 31.7 Å². The summed E-state index contributed by atoms with van der Waals surface area (Å²) in [4.78, 5) is 11.3. The van der Waals surface area contributed by atoms with Crippen LogP contribution in [-0.2, 0) is 11.3 Å². The van der Waals surface area contributed by atoms with Crippen LogP contribution < -0.4 is 5.32 Å². The van der Waals surface area contributed by atoms with Gasteiger partial charge in [0.05, 0.1) is 19.4 Å². The molecule has 0 aromatic carbocycles. The number of halogens is 1. The van der Waals surface area contributed by atoms with Crippen LogP contribution in [0.1, 0.15) is 39.0 Å². The molecule has 7 nitrogen and oxygen atoms in total. The second kappa shape index (κ2) is 8.06. The molecule has 142 valence electrons. The van der Waals surface area contributed by atoms with Crippen LogP contribution in [0.15, 0.2) is 6.20 Å². The van der Waals surface area contributed by atoms with Crippen LogP contribution in [0.2, 0.25) is 5.28 Å².